The molecular weight excluding hydrogens is 324 g/mol. The number of aromatic nitrogens is 3. The summed E-state index contributed by atoms with van der Waals surface area (Å²) < 4.78 is 5.51. The van der Waals surface area contributed by atoms with Crippen LogP contribution in [0.3, 0.4) is 0 Å². The predicted octanol–water partition coefficient (Wildman–Crippen LogP) is 4.21. The van der Waals surface area contributed by atoms with Crippen molar-refractivity contribution in [1.82, 2.24) is 15.0 Å². The molecule has 26 heavy (non-hydrogen) atoms. The predicted molar refractivity (Wildman–Crippen MR) is 102 cm³/mol. The maximum Gasteiger partial charge on any atom is 0.161 e. The lowest BCUT2D eigenvalue weighted by atomic mass is 10.1. The van der Waals surface area contributed by atoms with Gasteiger partial charge in [0, 0.05) is 29.7 Å². The number of ether oxygens (including phenoxy) is 1. The zero-order chi connectivity index (χ0) is 17.9. The molecular formula is C21H22N4O. The van der Waals surface area contributed by atoms with Crippen molar-refractivity contribution < 1.29 is 4.74 Å². The topological polar surface area (TPSA) is 59.9 Å². The Kier molecular flexibility index (Phi) is 4.52. The Balaban J connectivity index is 1.66. The molecule has 132 valence electrons. The number of pyridine rings is 1. The molecule has 1 aliphatic carbocycles. The quantitative estimate of drug-likeness (QED) is 0.750. The average molecular weight is 346 g/mol. The monoisotopic (exact) mass is 346 g/mol. The molecule has 2 heterocycles. The summed E-state index contributed by atoms with van der Waals surface area (Å²) in [5.74, 6) is 2.57. The summed E-state index contributed by atoms with van der Waals surface area (Å²) in [6.45, 7) is 2.11. The van der Waals surface area contributed by atoms with Gasteiger partial charge in [-0.25, -0.2) is 9.97 Å². The van der Waals surface area contributed by atoms with Crippen LogP contribution in [0.5, 0.6) is 5.75 Å². The number of hydrogen-bond acceptors (Lipinski definition) is 5. The lowest BCUT2D eigenvalue weighted by Crippen LogP contribution is -2.10. The van der Waals surface area contributed by atoms with Crippen LogP contribution in [-0.2, 0) is 12.8 Å². The van der Waals surface area contributed by atoms with Crippen molar-refractivity contribution in [3.63, 3.8) is 0 Å². The number of nitrogens with one attached hydrogen (secondary N) is 1. The summed E-state index contributed by atoms with van der Waals surface area (Å²) in [5.41, 5.74) is 4.60. The third-order valence-corrected chi connectivity index (χ3v) is 4.85. The minimum absolute atomic E-state index is 0.241. The molecule has 0 saturated heterocycles. The SMILES string of the molecule is CCc1cc(NC2CCc3c(OC)cccc32)nc(-c2ccncc2)n1. The van der Waals surface area contributed by atoms with E-state index < -0.39 is 0 Å². The highest BCUT2D eigenvalue weighted by Gasteiger charge is 2.25. The van der Waals surface area contributed by atoms with Crippen LogP contribution >= 0.6 is 0 Å². The van der Waals surface area contributed by atoms with Crippen LogP contribution < -0.4 is 10.1 Å². The maximum atomic E-state index is 5.51. The largest absolute Gasteiger partial charge is 0.496 e. The Hall–Kier alpha value is -2.95. The lowest BCUT2D eigenvalue weighted by Gasteiger charge is -2.16. The van der Waals surface area contributed by atoms with Gasteiger partial charge in [0.15, 0.2) is 5.82 Å². The fourth-order valence-corrected chi connectivity index (χ4v) is 3.52. The first kappa shape index (κ1) is 16.5. The van der Waals surface area contributed by atoms with E-state index in [0.29, 0.717) is 0 Å². The lowest BCUT2D eigenvalue weighted by molar-refractivity contribution is 0.410. The summed E-state index contributed by atoms with van der Waals surface area (Å²) in [7, 11) is 1.73. The van der Waals surface area contributed by atoms with Crippen molar-refractivity contribution in [1.29, 1.82) is 0 Å². The van der Waals surface area contributed by atoms with Gasteiger partial charge >= 0.3 is 0 Å². The number of fused-ring (bicyclic) bond motifs is 1. The third-order valence-electron chi connectivity index (χ3n) is 4.85. The van der Waals surface area contributed by atoms with Crippen molar-refractivity contribution in [3.05, 3.63) is 65.6 Å². The van der Waals surface area contributed by atoms with E-state index in [4.69, 9.17) is 9.72 Å². The van der Waals surface area contributed by atoms with Gasteiger partial charge in [0.25, 0.3) is 0 Å². The molecule has 1 N–H and O–H groups in total. The van der Waals surface area contributed by atoms with Crippen LogP contribution in [0, 0.1) is 0 Å². The summed E-state index contributed by atoms with van der Waals surface area (Å²) in [5, 5.41) is 3.61. The van der Waals surface area contributed by atoms with Gasteiger partial charge in [0.2, 0.25) is 0 Å². The van der Waals surface area contributed by atoms with Crippen LogP contribution in [-0.4, -0.2) is 22.1 Å². The minimum atomic E-state index is 0.241. The first-order valence-corrected chi connectivity index (χ1v) is 8.99. The second kappa shape index (κ2) is 7.12. The van der Waals surface area contributed by atoms with Gasteiger partial charge in [-0.05, 0) is 48.6 Å². The highest BCUT2D eigenvalue weighted by Crippen LogP contribution is 2.38. The number of methoxy groups -OCH3 is 1. The zero-order valence-electron chi connectivity index (χ0n) is 15.1. The van der Waals surface area contributed by atoms with Crippen molar-refractivity contribution in [3.8, 4) is 17.1 Å². The van der Waals surface area contributed by atoms with E-state index in [1.807, 2.05) is 24.3 Å². The molecule has 1 atom stereocenters. The summed E-state index contributed by atoms with van der Waals surface area (Å²) in [6.07, 6.45) is 6.45. The van der Waals surface area contributed by atoms with E-state index in [0.717, 1.165) is 47.9 Å². The molecule has 1 aliphatic rings. The molecule has 3 aromatic rings. The molecule has 0 spiro atoms. The summed E-state index contributed by atoms with van der Waals surface area (Å²) >= 11 is 0. The second-order valence-corrected chi connectivity index (χ2v) is 6.42. The second-order valence-electron chi connectivity index (χ2n) is 6.42. The number of benzene rings is 1. The fourth-order valence-electron chi connectivity index (χ4n) is 3.52. The van der Waals surface area contributed by atoms with Gasteiger partial charge in [0.05, 0.1) is 13.2 Å². The van der Waals surface area contributed by atoms with Gasteiger partial charge < -0.3 is 10.1 Å². The molecule has 0 saturated carbocycles. The van der Waals surface area contributed by atoms with E-state index in [9.17, 15) is 0 Å². The smallest absolute Gasteiger partial charge is 0.161 e. The van der Waals surface area contributed by atoms with Crippen LogP contribution in [0.1, 0.15) is 36.2 Å². The average Bonchev–Trinajstić information content (AvgIpc) is 3.11. The Bertz CT molecular complexity index is 911. The molecule has 0 aliphatic heterocycles. The molecule has 1 unspecified atom stereocenters. The first-order chi connectivity index (χ1) is 12.8. The molecule has 0 bridgehead atoms. The Morgan fingerprint density at radius 3 is 2.77 bits per heavy atom. The number of rotatable bonds is 5. The molecule has 0 radical (unpaired) electrons. The third kappa shape index (κ3) is 3.12. The highest BCUT2D eigenvalue weighted by atomic mass is 16.5. The molecule has 4 rings (SSSR count). The molecule has 1 aromatic carbocycles. The van der Waals surface area contributed by atoms with Crippen molar-refractivity contribution in [2.24, 2.45) is 0 Å². The van der Waals surface area contributed by atoms with Crippen LogP contribution in [0.25, 0.3) is 11.4 Å². The maximum absolute atomic E-state index is 5.51. The van der Waals surface area contributed by atoms with Crippen LogP contribution in [0.15, 0.2) is 48.8 Å². The van der Waals surface area contributed by atoms with E-state index in [1.165, 1.54) is 11.1 Å². The van der Waals surface area contributed by atoms with E-state index in [2.05, 4.69) is 34.3 Å². The van der Waals surface area contributed by atoms with E-state index >= 15 is 0 Å². The fraction of sp³-hybridized carbons (Fsp3) is 0.286. The minimum Gasteiger partial charge on any atom is -0.496 e. The molecule has 5 nitrogen and oxygen atoms in total. The van der Waals surface area contributed by atoms with Crippen molar-refractivity contribution in [2.75, 3.05) is 12.4 Å². The Morgan fingerprint density at radius 2 is 2.00 bits per heavy atom. The van der Waals surface area contributed by atoms with Gasteiger partial charge in [-0.2, -0.15) is 0 Å². The van der Waals surface area contributed by atoms with Crippen LogP contribution in [0.2, 0.25) is 0 Å². The van der Waals surface area contributed by atoms with E-state index in [1.54, 1.807) is 19.5 Å². The molecule has 5 heteroatoms. The zero-order valence-corrected chi connectivity index (χ0v) is 15.1. The van der Waals surface area contributed by atoms with E-state index in [-0.39, 0.29) is 6.04 Å². The number of hydrogen-bond donors (Lipinski definition) is 1. The molecule has 0 fully saturated rings. The van der Waals surface area contributed by atoms with Gasteiger partial charge in [-0.3, -0.25) is 4.98 Å². The summed E-state index contributed by atoms with van der Waals surface area (Å²) in [4.78, 5) is 13.5. The van der Waals surface area contributed by atoms with Crippen LogP contribution in [0.4, 0.5) is 5.82 Å². The standard InChI is InChI=1S/C21H22N4O/c1-3-15-13-20(25-21(23-15)14-9-11-22-12-10-14)24-18-8-7-17-16(18)5-4-6-19(17)26-2/h4-6,9-13,18H,3,7-8H2,1-2H3,(H,23,24,25). The number of nitrogens with zero attached hydrogens (tertiary/aromatic N) is 3. The summed E-state index contributed by atoms with van der Waals surface area (Å²) in [6, 6.07) is 12.4. The van der Waals surface area contributed by atoms with Gasteiger partial charge in [-0.15, -0.1) is 0 Å². The van der Waals surface area contributed by atoms with Crippen molar-refractivity contribution >= 4 is 5.82 Å². The number of aryl methyl sites for hydroxylation is 1. The highest BCUT2D eigenvalue weighted by molar-refractivity contribution is 5.57. The Morgan fingerprint density at radius 1 is 1.15 bits per heavy atom. The van der Waals surface area contributed by atoms with Gasteiger partial charge in [0.1, 0.15) is 11.6 Å². The normalized spacial score (nSPS) is 15.5. The first-order valence-electron chi connectivity index (χ1n) is 8.99. The van der Waals surface area contributed by atoms with Gasteiger partial charge in [-0.1, -0.05) is 19.1 Å². The Labute approximate surface area is 153 Å². The van der Waals surface area contributed by atoms with Crippen molar-refractivity contribution in [2.45, 2.75) is 32.2 Å². The molecule has 0 amide bonds. The number of anilines is 1. The molecule has 2 aromatic heterocycles.